The monoisotopic (exact) mass is 774 g/mol. The Hall–Kier alpha value is -3.42. The Bertz CT molecular complexity index is 1900. The summed E-state index contributed by atoms with van der Waals surface area (Å²) in [5.41, 5.74) is 2.53. The molecule has 1 aromatic heterocycles. The highest BCUT2D eigenvalue weighted by Crippen LogP contribution is 2.38. The molecule has 5 rings (SSSR count). The van der Waals surface area contributed by atoms with Crippen molar-refractivity contribution in [3.63, 3.8) is 0 Å². The lowest BCUT2D eigenvalue weighted by Gasteiger charge is -2.26. The van der Waals surface area contributed by atoms with Crippen molar-refractivity contribution in [3.05, 3.63) is 111 Å². The topological polar surface area (TPSA) is 88.4 Å². The number of fused-ring (bicyclic) bond motifs is 1. The molecule has 3 aromatic carbocycles. The number of rotatable bonds is 9. The summed E-state index contributed by atoms with van der Waals surface area (Å²) in [4.78, 5) is 33.4. The summed E-state index contributed by atoms with van der Waals surface area (Å²) < 4.78 is 26.3. The molecular weight excluding hydrogens is 747 g/mol. The first kappa shape index (κ1) is 31.0. The van der Waals surface area contributed by atoms with E-state index in [1.807, 2.05) is 61.5 Å². The van der Waals surface area contributed by atoms with E-state index in [0.717, 1.165) is 19.2 Å². The van der Waals surface area contributed by atoms with E-state index in [1.165, 1.54) is 11.3 Å². The fraction of sp³-hybridized carbons (Fsp3) is 0.219. The van der Waals surface area contributed by atoms with Gasteiger partial charge < -0.3 is 18.9 Å². The predicted octanol–water partition coefficient (Wildman–Crippen LogP) is 5.72. The van der Waals surface area contributed by atoms with Crippen LogP contribution < -0.4 is 29.1 Å². The molecule has 222 valence electrons. The molecule has 0 aliphatic carbocycles. The van der Waals surface area contributed by atoms with Gasteiger partial charge in [0.2, 0.25) is 0 Å². The molecule has 0 amide bonds. The van der Waals surface area contributed by atoms with Gasteiger partial charge in [0.05, 0.1) is 52.8 Å². The standard InChI is InChI=1S/C32H28BrIN2O6S/c1-5-41-29-20(14-21(33)17-22(29)34)16-25-30(37)36-28(19-12-13-23(39-3)24(15-19)40-4)26(31(38)42-6-2)27(35-32(36)43-25)18-10-8-7-9-11-18/h7-17,28H,5-6H2,1-4H3/b25-16-/t28-/m1/s1. The highest BCUT2D eigenvalue weighted by Gasteiger charge is 2.35. The van der Waals surface area contributed by atoms with Crippen molar-refractivity contribution >= 4 is 67.6 Å². The van der Waals surface area contributed by atoms with Crippen LogP contribution in [0.1, 0.15) is 36.6 Å². The minimum Gasteiger partial charge on any atom is -0.493 e. The smallest absolute Gasteiger partial charge is 0.338 e. The SMILES string of the molecule is CCOC(=O)C1=C(c2ccccc2)N=c2s/c(=C\c3cc(Br)cc(I)c3OCC)c(=O)n2[C@@H]1c1ccc(OC)c(OC)c1. The summed E-state index contributed by atoms with van der Waals surface area (Å²) in [7, 11) is 3.09. The van der Waals surface area contributed by atoms with Crippen molar-refractivity contribution in [1.82, 2.24) is 4.57 Å². The van der Waals surface area contributed by atoms with Crippen LogP contribution in [0.25, 0.3) is 11.8 Å². The Morgan fingerprint density at radius 2 is 1.79 bits per heavy atom. The summed E-state index contributed by atoms with van der Waals surface area (Å²) in [6.07, 6.45) is 1.81. The van der Waals surface area contributed by atoms with Crippen LogP contribution in [-0.4, -0.2) is 38.0 Å². The lowest BCUT2D eigenvalue weighted by atomic mass is 9.93. The number of carbonyl (C=O) groups is 1. The fourth-order valence-corrected chi connectivity index (χ4v) is 7.60. The first-order valence-corrected chi connectivity index (χ1v) is 16.1. The van der Waals surface area contributed by atoms with Gasteiger partial charge in [-0.25, -0.2) is 9.79 Å². The van der Waals surface area contributed by atoms with Crippen molar-refractivity contribution < 1.29 is 23.7 Å². The molecule has 43 heavy (non-hydrogen) atoms. The number of nitrogens with zero attached hydrogens (tertiary/aromatic N) is 2. The van der Waals surface area contributed by atoms with Gasteiger partial charge in [-0.05, 0) is 72.3 Å². The van der Waals surface area contributed by atoms with E-state index in [-0.39, 0.29) is 17.7 Å². The van der Waals surface area contributed by atoms with Crippen molar-refractivity contribution in [1.29, 1.82) is 0 Å². The van der Waals surface area contributed by atoms with Crippen LogP contribution in [0.4, 0.5) is 0 Å². The molecular formula is C32H28BrIN2O6S. The highest BCUT2D eigenvalue weighted by molar-refractivity contribution is 14.1. The molecule has 0 radical (unpaired) electrons. The highest BCUT2D eigenvalue weighted by atomic mass is 127. The second kappa shape index (κ2) is 13.5. The number of carbonyl (C=O) groups excluding carboxylic acids is 1. The molecule has 8 nitrogen and oxygen atoms in total. The minimum absolute atomic E-state index is 0.162. The van der Waals surface area contributed by atoms with Gasteiger partial charge in [0, 0.05) is 15.6 Å². The number of benzene rings is 3. The lowest BCUT2D eigenvalue weighted by molar-refractivity contribution is -0.138. The van der Waals surface area contributed by atoms with Gasteiger partial charge in [-0.15, -0.1) is 0 Å². The maximum Gasteiger partial charge on any atom is 0.338 e. The van der Waals surface area contributed by atoms with E-state index >= 15 is 0 Å². The zero-order valence-electron chi connectivity index (χ0n) is 23.9. The molecule has 1 atom stereocenters. The van der Waals surface area contributed by atoms with Crippen molar-refractivity contribution in [2.24, 2.45) is 4.99 Å². The summed E-state index contributed by atoms with van der Waals surface area (Å²) >= 11 is 7.03. The Balaban J connectivity index is 1.85. The quantitative estimate of drug-likeness (QED) is 0.160. The third kappa shape index (κ3) is 6.16. The number of hydrogen-bond donors (Lipinski definition) is 0. The van der Waals surface area contributed by atoms with Crippen LogP contribution in [0.5, 0.6) is 17.2 Å². The van der Waals surface area contributed by atoms with E-state index in [9.17, 15) is 9.59 Å². The number of methoxy groups -OCH3 is 2. The number of thiazole rings is 1. The van der Waals surface area contributed by atoms with E-state index in [1.54, 1.807) is 37.8 Å². The third-order valence-corrected chi connectivity index (χ3v) is 8.95. The third-order valence-electron chi connectivity index (χ3n) is 6.71. The Morgan fingerprint density at radius 1 is 1.05 bits per heavy atom. The molecule has 1 aliphatic heterocycles. The van der Waals surface area contributed by atoms with Crippen molar-refractivity contribution in [3.8, 4) is 17.2 Å². The van der Waals surface area contributed by atoms with Crippen LogP contribution >= 0.6 is 49.9 Å². The number of ether oxygens (including phenoxy) is 4. The molecule has 1 aliphatic rings. The van der Waals surface area contributed by atoms with Gasteiger partial charge in [-0.2, -0.15) is 0 Å². The summed E-state index contributed by atoms with van der Waals surface area (Å²) in [5.74, 6) is 1.12. The maximum atomic E-state index is 14.3. The Morgan fingerprint density at radius 3 is 2.47 bits per heavy atom. The fourth-order valence-electron chi connectivity index (χ4n) is 4.90. The second-order valence-electron chi connectivity index (χ2n) is 9.28. The Labute approximate surface area is 274 Å². The summed E-state index contributed by atoms with van der Waals surface area (Å²) in [6, 6.07) is 17.8. The lowest BCUT2D eigenvalue weighted by Crippen LogP contribution is -2.40. The average Bonchev–Trinajstić information content (AvgIpc) is 3.32. The molecule has 0 N–H and O–H groups in total. The molecule has 0 unspecified atom stereocenters. The molecule has 2 heterocycles. The van der Waals surface area contributed by atoms with Gasteiger partial charge in [0.1, 0.15) is 5.75 Å². The first-order chi connectivity index (χ1) is 20.8. The zero-order valence-corrected chi connectivity index (χ0v) is 28.4. The van der Waals surface area contributed by atoms with E-state index in [2.05, 4.69) is 38.5 Å². The molecule has 0 saturated heterocycles. The number of hydrogen-bond acceptors (Lipinski definition) is 8. The van der Waals surface area contributed by atoms with Crippen molar-refractivity contribution in [2.75, 3.05) is 27.4 Å². The largest absolute Gasteiger partial charge is 0.493 e. The van der Waals surface area contributed by atoms with Gasteiger partial charge >= 0.3 is 5.97 Å². The van der Waals surface area contributed by atoms with Crippen molar-refractivity contribution in [2.45, 2.75) is 19.9 Å². The first-order valence-electron chi connectivity index (χ1n) is 13.4. The average molecular weight is 775 g/mol. The molecule has 4 aromatic rings. The molecule has 0 bridgehead atoms. The van der Waals surface area contributed by atoms with Crippen LogP contribution in [0.3, 0.4) is 0 Å². The summed E-state index contributed by atoms with van der Waals surface area (Å²) in [6.45, 7) is 4.30. The number of aromatic nitrogens is 1. The second-order valence-corrected chi connectivity index (χ2v) is 12.4. The van der Waals surface area contributed by atoms with Crippen LogP contribution in [0.2, 0.25) is 0 Å². The van der Waals surface area contributed by atoms with E-state index in [0.29, 0.717) is 44.4 Å². The van der Waals surface area contributed by atoms with Gasteiger partial charge in [-0.1, -0.05) is 63.7 Å². The Kier molecular flexibility index (Phi) is 9.72. The summed E-state index contributed by atoms with van der Waals surface area (Å²) in [5, 5.41) is 0. The zero-order chi connectivity index (χ0) is 30.7. The van der Waals surface area contributed by atoms with E-state index in [4.69, 9.17) is 23.9 Å². The van der Waals surface area contributed by atoms with Gasteiger partial charge in [-0.3, -0.25) is 9.36 Å². The molecule has 0 fully saturated rings. The minimum atomic E-state index is -0.846. The number of halogens is 2. The normalized spacial score (nSPS) is 14.7. The molecule has 0 spiro atoms. The predicted molar refractivity (Wildman–Crippen MR) is 179 cm³/mol. The van der Waals surface area contributed by atoms with Crippen LogP contribution in [0, 0.1) is 3.57 Å². The molecule has 0 saturated carbocycles. The van der Waals surface area contributed by atoms with Crippen LogP contribution in [0.15, 0.2) is 80.5 Å². The van der Waals surface area contributed by atoms with E-state index < -0.39 is 12.0 Å². The maximum absolute atomic E-state index is 14.3. The molecule has 11 heteroatoms. The van der Waals surface area contributed by atoms with Gasteiger partial charge in [0.15, 0.2) is 16.3 Å². The van der Waals surface area contributed by atoms with Gasteiger partial charge in [0.25, 0.3) is 5.56 Å². The van der Waals surface area contributed by atoms with Crippen LogP contribution in [-0.2, 0) is 9.53 Å². The number of esters is 1.